The van der Waals surface area contributed by atoms with Crippen LogP contribution < -0.4 is 5.73 Å². The molecule has 0 unspecified atom stereocenters. The van der Waals surface area contributed by atoms with E-state index in [1.54, 1.807) is 0 Å². The van der Waals surface area contributed by atoms with Gasteiger partial charge in [-0.05, 0) is 42.5 Å². The molecule has 0 bridgehead atoms. The molecule has 98 valence electrons. The third-order valence-corrected chi connectivity index (χ3v) is 4.18. The van der Waals surface area contributed by atoms with Gasteiger partial charge in [-0.25, -0.2) is 4.68 Å². The predicted molar refractivity (Wildman–Crippen MR) is 73.4 cm³/mol. The minimum Gasteiger partial charge on any atom is -0.382 e. The van der Waals surface area contributed by atoms with E-state index in [1.807, 2.05) is 4.68 Å². The lowest BCUT2D eigenvalue weighted by atomic mass is 10.1. The number of benzene rings is 1. The van der Waals surface area contributed by atoms with Gasteiger partial charge in [0.25, 0.3) is 0 Å². The molecular formula is C15H17N3O. The minimum absolute atomic E-state index is 0.589. The zero-order valence-electron chi connectivity index (χ0n) is 10.9. The second kappa shape index (κ2) is 4.10. The Hall–Kier alpha value is -1.81. The Morgan fingerprint density at radius 2 is 2.05 bits per heavy atom. The Balaban J connectivity index is 1.84. The molecular weight excluding hydrogens is 238 g/mol. The Morgan fingerprint density at radius 1 is 1.16 bits per heavy atom. The van der Waals surface area contributed by atoms with E-state index in [0.717, 1.165) is 24.3 Å². The first-order chi connectivity index (χ1) is 9.33. The van der Waals surface area contributed by atoms with E-state index in [-0.39, 0.29) is 0 Å². The van der Waals surface area contributed by atoms with Crippen LogP contribution in [0.2, 0.25) is 0 Å². The lowest BCUT2D eigenvalue weighted by Gasteiger charge is -2.15. The van der Waals surface area contributed by atoms with Gasteiger partial charge in [0.15, 0.2) is 5.82 Å². The van der Waals surface area contributed by atoms with Gasteiger partial charge in [0.2, 0.25) is 0 Å². The number of nitrogens with two attached hydrogens (primary N) is 1. The first-order valence-corrected chi connectivity index (χ1v) is 6.89. The molecule has 1 aromatic heterocycles. The molecule has 1 aliphatic heterocycles. The van der Waals surface area contributed by atoms with E-state index < -0.39 is 0 Å². The van der Waals surface area contributed by atoms with Crippen molar-refractivity contribution in [3.8, 4) is 5.69 Å². The summed E-state index contributed by atoms with van der Waals surface area (Å²) in [7, 11) is 0. The number of rotatable bonds is 1. The van der Waals surface area contributed by atoms with E-state index in [4.69, 9.17) is 10.5 Å². The maximum Gasteiger partial charge on any atom is 0.151 e. The van der Waals surface area contributed by atoms with Gasteiger partial charge in [-0.15, -0.1) is 0 Å². The molecule has 0 amide bonds. The molecule has 4 nitrogen and oxygen atoms in total. The van der Waals surface area contributed by atoms with E-state index >= 15 is 0 Å². The number of fused-ring (bicyclic) bond motifs is 2. The van der Waals surface area contributed by atoms with Crippen molar-refractivity contribution in [2.45, 2.75) is 32.3 Å². The number of ether oxygens (including phenoxy) is 1. The standard InChI is InChI=1S/C15H17N3O/c16-15-13-9-19-7-6-14(13)18(17-15)12-5-4-10-2-1-3-11(10)8-12/h4-5,8H,1-3,6-7,9H2,(H2,16,17). The van der Waals surface area contributed by atoms with Crippen LogP contribution in [0.5, 0.6) is 0 Å². The van der Waals surface area contributed by atoms with Gasteiger partial charge in [-0.2, -0.15) is 5.10 Å². The van der Waals surface area contributed by atoms with Crippen LogP contribution in [0.3, 0.4) is 0 Å². The monoisotopic (exact) mass is 255 g/mol. The molecule has 2 N–H and O–H groups in total. The van der Waals surface area contributed by atoms with Crippen molar-refractivity contribution in [2.24, 2.45) is 0 Å². The van der Waals surface area contributed by atoms with Crippen LogP contribution in [0, 0.1) is 0 Å². The van der Waals surface area contributed by atoms with Gasteiger partial charge in [-0.1, -0.05) is 6.07 Å². The van der Waals surface area contributed by atoms with Crippen molar-refractivity contribution in [3.05, 3.63) is 40.6 Å². The Kier molecular flexibility index (Phi) is 2.38. The van der Waals surface area contributed by atoms with Gasteiger partial charge < -0.3 is 10.5 Å². The molecule has 0 saturated carbocycles. The van der Waals surface area contributed by atoms with E-state index in [9.17, 15) is 0 Å². The van der Waals surface area contributed by atoms with Crippen LogP contribution in [-0.2, 0) is 30.6 Å². The number of aryl methyl sites for hydroxylation is 2. The molecule has 4 rings (SSSR count). The summed E-state index contributed by atoms with van der Waals surface area (Å²) < 4.78 is 7.47. The van der Waals surface area contributed by atoms with Crippen molar-refractivity contribution in [2.75, 3.05) is 12.3 Å². The molecule has 19 heavy (non-hydrogen) atoms. The third kappa shape index (κ3) is 1.67. The summed E-state index contributed by atoms with van der Waals surface area (Å²) in [6, 6.07) is 6.66. The summed E-state index contributed by atoms with van der Waals surface area (Å²) in [6.07, 6.45) is 4.55. The normalized spacial score (nSPS) is 17.3. The lowest BCUT2D eigenvalue weighted by Crippen LogP contribution is -2.13. The summed E-state index contributed by atoms with van der Waals surface area (Å²) in [4.78, 5) is 0. The number of anilines is 1. The predicted octanol–water partition coefficient (Wildman–Crippen LogP) is 2.02. The fourth-order valence-electron chi connectivity index (χ4n) is 3.16. The van der Waals surface area contributed by atoms with Crippen molar-refractivity contribution >= 4 is 5.82 Å². The van der Waals surface area contributed by atoms with E-state index in [2.05, 4.69) is 23.3 Å². The average molecular weight is 255 g/mol. The zero-order valence-corrected chi connectivity index (χ0v) is 10.9. The van der Waals surface area contributed by atoms with Crippen LogP contribution in [0.1, 0.15) is 28.8 Å². The fourth-order valence-corrected chi connectivity index (χ4v) is 3.16. The van der Waals surface area contributed by atoms with Gasteiger partial charge >= 0.3 is 0 Å². The number of hydrogen-bond acceptors (Lipinski definition) is 3. The highest BCUT2D eigenvalue weighted by Gasteiger charge is 2.21. The van der Waals surface area contributed by atoms with Crippen molar-refractivity contribution in [1.82, 2.24) is 9.78 Å². The first kappa shape index (κ1) is 11.1. The van der Waals surface area contributed by atoms with Crippen LogP contribution in [0.25, 0.3) is 5.69 Å². The number of nitrogens with zero attached hydrogens (tertiary/aromatic N) is 2. The highest BCUT2D eigenvalue weighted by Crippen LogP contribution is 2.28. The largest absolute Gasteiger partial charge is 0.382 e. The van der Waals surface area contributed by atoms with E-state index in [1.165, 1.54) is 36.1 Å². The van der Waals surface area contributed by atoms with Crippen molar-refractivity contribution in [3.63, 3.8) is 0 Å². The molecule has 1 aliphatic carbocycles. The maximum atomic E-state index is 6.00. The highest BCUT2D eigenvalue weighted by molar-refractivity contribution is 5.49. The summed E-state index contributed by atoms with van der Waals surface area (Å²) in [5.41, 5.74) is 12.4. The molecule has 1 aromatic carbocycles. The smallest absolute Gasteiger partial charge is 0.151 e. The SMILES string of the molecule is Nc1nn(-c2ccc3c(c2)CCC3)c2c1COCC2. The van der Waals surface area contributed by atoms with Gasteiger partial charge in [0, 0.05) is 12.0 Å². The molecule has 0 radical (unpaired) electrons. The summed E-state index contributed by atoms with van der Waals surface area (Å²) in [5.74, 6) is 0.607. The summed E-state index contributed by atoms with van der Waals surface area (Å²) in [5, 5.41) is 4.50. The lowest BCUT2D eigenvalue weighted by molar-refractivity contribution is 0.110. The molecule has 0 atom stereocenters. The molecule has 2 heterocycles. The van der Waals surface area contributed by atoms with Crippen LogP contribution in [0.4, 0.5) is 5.82 Å². The molecule has 2 aromatic rings. The number of hydrogen-bond donors (Lipinski definition) is 1. The Bertz CT molecular complexity index is 645. The quantitative estimate of drug-likeness (QED) is 0.848. The average Bonchev–Trinajstić information content (AvgIpc) is 3.03. The fraction of sp³-hybridized carbons (Fsp3) is 0.400. The second-order valence-electron chi connectivity index (χ2n) is 5.33. The third-order valence-electron chi connectivity index (χ3n) is 4.18. The van der Waals surface area contributed by atoms with Crippen molar-refractivity contribution < 1.29 is 4.74 Å². The minimum atomic E-state index is 0.589. The van der Waals surface area contributed by atoms with Crippen molar-refractivity contribution in [1.29, 1.82) is 0 Å². The molecule has 0 fully saturated rings. The topological polar surface area (TPSA) is 53.1 Å². The summed E-state index contributed by atoms with van der Waals surface area (Å²) in [6.45, 7) is 1.34. The van der Waals surface area contributed by atoms with E-state index in [0.29, 0.717) is 12.4 Å². The Morgan fingerprint density at radius 3 is 3.00 bits per heavy atom. The molecule has 2 aliphatic rings. The first-order valence-electron chi connectivity index (χ1n) is 6.89. The number of aromatic nitrogens is 2. The van der Waals surface area contributed by atoms with Gasteiger partial charge in [-0.3, -0.25) is 0 Å². The Labute approximate surface area is 112 Å². The molecule has 4 heteroatoms. The van der Waals surface area contributed by atoms with Crippen LogP contribution >= 0.6 is 0 Å². The molecule has 0 spiro atoms. The maximum absolute atomic E-state index is 6.00. The molecule has 0 saturated heterocycles. The van der Waals surface area contributed by atoms with Crippen LogP contribution in [-0.4, -0.2) is 16.4 Å². The van der Waals surface area contributed by atoms with Gasteiger partial charge in [0.1, 0.15) is 0 Å². The van der Waals surface area contributed by atoms with Crippen LogP contribution in [0.15, 0.2) is 18.2 Å². The second-order valence-corrected chi connectivity index (χ2v) is 5.33. The summed E-state index contributed by atoms with van der Waals surface area (Å²) >= 11 is 0. The number of nitrogen functional groups attached to an aromatic ring is 1. The zero-order chi connectivity index (χ0) is 12.8. The van der Waals surface area contributed by atoms with Gasteiger partial charge in [0.05, 0.1) is 24.6 Å². The highest BCUT2D eigenvalue weighted by atomic mass is 16.5.